The highest BCUT2D eigenvalue weighted by Gasteiger charge is 2.17. The van der Waals surface area contributed by atoms with Gasteiger partial charge in [0, 0.05) is 6.42 Å². The van der Waals surface area contributed by atoms with Gasteiger partial charge in [-0.15, -0.1) is 0 Å². The van der Waals surface area contributed by atoms with Crippen molar-refractivity contribution in [3.8, 4) is 5.75 Å². The minimum absolute atomic E-state index is 0.115. The molecule has 0 aliphatic rings. The zero-order chi connectivity index (χ0) is 25.6. The second kappa shape index (κ2) is 22.0. The summed E-state index contributed by atoms with van der Waals surface area (Å²) in [5, 5.41) is 1.96. The molecule has 3 N–H and O–H groups in total. The molecule has 1 aromatic rings. The van der Waals surface area contributed by atoms with Crippen molar-refractivity contribution in [2.45, 2.75) is 97.0 Å². The lowest BCUT2D eigenvalue weighted by Crippen LogP contribution is -2.80. The lowest BCUT2D eigenvalue weighted by atomic mass is 10.1. The van der Waals surface area contributed by atoms with Crippen LogP contribution in [0, 0.1) is 0 Å². The van der Waals surface area contributed by atoms with Crippen LogP contribution in [-0.2, 0) is 25.0 Å². The summed E-state index contributed by atoms with van der Waals surface area (Å²) in [7, 11) is -0.0347. The van der Waals surface area contributed by atoms with Crippen molar-refractivity contribution in [2.75, 3.05) is 33.4 Å². The summed E-state index contributed by atoms with van der Waals surface area (Å²) in [5.74, 6) is 0.612. The highest BCUT2D eigenvalue weighted by Crippen LogP contribution is 2.32. The summed E-state index contributed by atoms with van der Waals surface area (Å²) in [6.45, 7) is 6.04. The van der Waals surface area contributed by atoms with Crippen LogP contribution >= 0.6 is 8.60 Å². The van der Waals surface area contributed by atoms with Gasteiger partial charge in [0.15, 0.2) is 0 Å². The number of unbranched alkanes of at least 4 members (excludes halogenated alkanes) is 8. The Morgan fingerprint density at radius 3 is 2.23 bits per heavy atom. The van der Waals surface area contributed by atoms with Crippen molar-refractivity contribution in [1.29, 1.82) is 0 Å². The molecule has 8 heteroatoms. The third-order valence-electron chi connectivity index (χ3n) is 5.76. The number of rotatable bonds is 23. The lowest BCUT2D eigenvalue weighted by Gasteiger charge is -2.19. The molecule has 0 fully saturated rings. The molecule has 0 amide bonds. The second-order valence-corrected chi connectivity index (χ2v) is 9.88. The van der Waals surface area contributed by atoms with Crippen LogP contribution in [0.5, 0.6) is 5.75 Å². The average molecular weight is 515 g/mol. The molecule has 2 atom stereocenters. The molecule has 0 bridgehead atoms. The van der Waals surface area contributed by atoms with Gasteiger partial charge in [0.05, 0.1) is 26.8 Å². The van der Waals surface area contributed by atoms with Gasteiger partial charge in [0.1, 0.15) is 18.5 Å². The van der Waals surface area contributed by atoms with Gasteiger partial charge in [-0.2, -0.15) is 0 Å². The molecule has 2 unspecified atom stereocenters. The van der Waals surface area contributed by atoms with Crippen molar-refractivity contribution in [1.82, 2.24) is 0 Å². The minimum atomic E-state index is -1.97. The fraction of sp³-hybridized carbons (Fsp3) is 0.741. The Labute approximate surface area is 214 Å². The summed E-state index contributed by atoms with van der Waals surface area (Å²) in [4.78, 5) is 21.6. The predicted octanol–water partition coefficient (Wildman–Crippen LogP) is 5.30. The monoisotopic (exact) mass is 514 g/mol. The van der Waals surface area contributed by atoms with Crippen LogP contribution in [0.2, 0.25) is 0 Å². The zero-order valence-electron chi connectivity index (χ0n) is 22.2. The average Bonchev–Trinajstić information content (AvgIpc) is 2.87. The molecule has 0 radical (unpaired) electrons. The highest BCUT2D eigenvalue weighted by atomic mass is 31.2. The van der Waals surface area contributed by atoms with E-state index in [2.05, 4.69) is 19.1 Å². The quantitative estimate of drug-likeness (QED) is 0.117. The van der Waals surface area contributed by atoms with Crippen LogP contribution in [0.25, 0.3) is 0 Å². The number of aryl methyl sites for hydroxylation is 1. The Balaban J connectivity index is 2.28. The van der Waals surface area contributed by atoms with E-state index >= 15 is 0 Å². The zero-order valence-corrected chi connectivity index (χ0v) is 23.1. The van der Waals surface area contributed by atoms with Crippen molar-refractivity contribution < 1.29 is 33.5 Å². The molecule has 0 saturated heterocycles. The third-order valence-corrected chi connectivity index (χ3v) is 6.53. The highest BCUT2D eigenvalue weighted by molar-refractivity contribution is 7.40. The van der Waals surface area contributed by atoms with Crippen LogP contribution in [-0.4, -0.2) is 50.4 Å². The Hall–Kier alpha value is -1.24. The second-order valence-electron chi connectivity index (χ2n) is 8.89. The van der Waals surface area contributed by atoms with Crippen LogP contribution in [0.3, 0.4) is 0 Å². The van der Waals surface area contributed by atoms with Crippen molar-refractivity contribution in [2.24, 2.45) is 0 Å². The van der Waals surface area contributed by atoms with Gasteiger partial charge in [0.25, 0.3) is 0 Å². The summed E-state index contributed by atoms with van der Waals surface area (Å²) >= 11 is 0. The van der Waals surface area contributed by atoms with E-state index in [-0.39, 0.29) is 12.6 Å². The fourth-order valence-corrected chi connectivity index (χ4v) is 4.19. The smallest absolute Gasteiger partial charge is 0.330 e. The Kier molecular flexibility index (Phi) is 20.0. The number of nitrogens with two attached hydrogens (primary N) is 1. The van der Waals surface area contributed by atoms with Crippen LogP contribution < -0.4 is 10.1 Å². The van der Waals surface area contributed by atoms with Crippen molar-refractivity contribution in [3.63, 3.8) is 0 Å². The number of ether oxygens (including phenoxy) is 2. The molecule has 1 aromatic carbocycles. The van der Waals surface area contributed by atoms with Crippen LogP contribution in [0.15, 0.2) is 24.3 Å². The summed E-state index contributed by atoms with van der Waals surface area (Å²) in [6, 6.07) is 8.10. The van der Waals surface area contributed by atoms with Crippen LogP contribution in [0.4, 0.5) is 0 Å². The van der Waals surface area contributed by atoms with Gasteiger partial charge in [-0.3, -0.25) is 4.79 Å². The number of quaternary nitrogens is 1. The minimum Gasteiger partial charge on any atom is -0.494 e. The first-order valence-corrected chi connectivity index (χ1v) is 14.7. The summed E-state index contributed by atoms with van der Waals surface area (Å²) in [6.07, 6.45) is 13.0. The largest absolute Gasteiger partial charge is 0.494 e. The fourth-order valence-electron chi connectivity index (χ4n) is 3.56. The topological polar surface area (TPSA) is 90.8 Å². The summed E-state index contributed by atoms with van der Waals surface area (Å²) < 4.78 is 22.0. The summed E-state index contributed by atoms with van der Waals surface area (Å²) in [5.41, 5.74) is 1.14. The maximum atomic E-state index is 11.8. The molecule has 0 aliphatic carbocycles. The maximum Gasteiger partial charge on any atom is 0.330 e. The van der Waals surface area contributed by atoms with E-state index in [1.165, 1.54) is 51.4 Å². The standard InChI is InChI=1S/C27H48NO6P/c1-4-6-7-8-9-10-11-12-13-21-31-25-17-14-24(15-18-25)16-19-26(34-27(29)5-2)23-33-35(30)32-22-20-28-3/h14-15,17-18,26,28,30H,4-13,16,19-23H2,1-3H3/p+1. The number of likely N-dealkylation sites (N-methyl/N-ethyl adjacent to an activating group) is 1. The number of benzene rings is 1. The van der Waals surface area contributed by atoms with E-state index in [0.29, 0.717) is 19.4 Å². The lowest BCUT2D eigenvalue weighted by molar-refractivity contribution is -0.627. The van der Waals surface area contributed by atoms with E-state index < -0.39 is 14.7 Å². The number of esters is 1. The molecule has 0 saturated carbocycles. The molecule has 7 nitrogen and oxygen atoms in total. The van der Waals surface area contributed by atoms with Gasteiger partial charge in [0.2, 0.25) is 0 Å². The molecule has 0 heterocycles. The molecule has 1 rings (SSSR count). The molecule has 0 aromatic heterocycles. The Bertz CT molecular complexity index is 631. The van der Waals surface area contributed by atoms with Crippen LogP contribution in [0.1, 0.15) is 90.0 Å². The molecule has 0 spiro atoms. The van der Waals surface area contributed by atoms with E-state index in [1.807, 2.05) is 24.5 Å². The molecule has 35 heavy (non-hydrogen) atoms. The van der Waals surface area contributed by atoms with Gasteiger partial charge in [-0.25, -0.2) is 0 Å². The van der Waals surface area contributed by atoms with E-state index in [0.717, 1.165) is 37.3 Å². The van der Waals surface area contributed by atoms with E-state index in [9.17, 15) is 9.69 Å². The first-order valence-electron chi connectivity index (χ1n) is 13.5. The van der Waals surface area contributed by atoms with Gasteiger partial charge in [-0.1, -0.05) is 77.3 Å². The van der Waals surface area contributed by atoms with E-state index in [1.54, 1.807) is 6.92 Å². The number of carbonyl (C=O) groups is 1. The normalized spacial score (nSPS) is 12.9. The van der Waals surface area contributed by atoms with Crippen molar-refractivity contribution in [3.05, 3.63) is 29.8 Å². The number of carbonyl (C=O) groups excluding carboxylic acids is 1. The molecular formula is C27H49NO6P+. The molecule has 0 aliphatic heterocycles. The van der Waals surface area contributed by atoms with Gasteiger partial charge < -0.3 is 28.7 Å². The van der Waals surface area contributed by atoms with E-state index in [4.69, 9.17) is 18.5 Å². The van der Waals surface area contributed by atoms with Crippen molar-refractivity contribution >= 4 is 14.6 Å². The Morgan fingerprint density at radius 2 is 1.60 bits per heavy atom. The Morgan fingerprint density at radius 1 is 0.943 bits per heavy atom. The molecule has 202 valence electrons. The number of hydrogen-bond donors (Lipinski definition) is 2. The van der Waals surface area contributed by atoms with Gasteiger partial charge >= 0.3 is 14.6 Å². The first-order chi connectivity index (χ1) is 17.1. The third kappa shape index (κ3) is 17.8. The first kappa shape index (κ1) is 31.8. The predicted molar refractivity (Wildman–Crippen MR) is 141 cm³/mol. The SMILES string of the molecule is CCCCCCCCCCCOc1ccc(CCC(COP(O)OCC[NH2+]C)OC(=O)CC)cc1. The maximum absolute atomic E-state index is 11.8. The number of hydrogen-bond acceptors (Lipinski definition) is 6. The van der Waals surface area contributed by atoms with Gasteiger partial charge in [-0.05, 0) is 37.0 Å². The molecular weight excluding hydrogens is 465 g/mol.